The van der Waals surface area contributed by atoms with Crippen LogP contribution in [0.4, 0.5) is 4.39 Å². The van der Waals surface area contributed by atoms with Gasteiger partial charge in [0.1, 0.15) is 18.4 Å². The molecule has 0 spiro atoms. The van der Waals surface area contributed by atoms with Crippen molar-refractivity contribution in [2.45, 2.75) is 43.3 Å². The summed E-state index contributed by atoms with van der Waals surface area (Å²) in [7, 11) is 3.30. The first-order valence-corrected chi connectivity index (χ1v) is 12.8. The number of aromatic amines is 1. The van der Waals surface area contributed by atoms with Crippen molar-refractivity contribution in [1.29, 1.82) is 0 Å². The van der Waals surface area contributed by atoms with Crippen LogP contribution in [0.1, 0.15) is 32.8 Å². The van der Waals surface area contributed by atoms with Gasteiger partial charge in [-0.2, -0.15) is 0 Å². The summed E-state index contributed by atoms with van der Waals surface area (Å²) in [5, 5.41) is 1.96. The Morgan fingerprint density at radius 3 is 2.77 bits per heavy atom. The van der Waals surface area contributed by atoms with E-state index in [-0.39, 0.29) is 4.75 Å². The van der Waals surface area contributed by atoms with Gasteiger partial charge in [-0.05, 0) is 12.5 Å². The molecule has 3 heterocycles. The molecular weight excluding hydrogens is 489 g/mol. The molecule has 0 bridgehead atoms. The van der Waals surface area contributed by atoms with Gasteiger partial charge in [0.2, 0.25) is 0 Å². The third-order valence-electron chi connectivity index (χ3n) is 5.60. The van der Waals surface area contributed by atoms with Gasteiger partial charge in [0.05, 0.1) is 23.2 Å². The van der Waals surface area contributed by atoms with Crippen LogP contribution in [0.25, 0.3) is 22.3 Å². The number of H-pyrrole nitrogens is 1. The first-order valence-electron chi connectivity index (χ1n) is 11.6. The van der Waals surface area contributed by atoms with E-state index < -0.39 is 6.17 Å². The predicted octanol–water partition coefficient (Wildman–Crippen LogP) is 5.65. The maximum atomic E-state index is 13.5. The molecule has 0 aliphatic carbocycles. The van der Waals surface area contributed by atoms with E-state index in [4.69, 9.17) is 31.0 Å². The zero-order valence-corrected chi connectivity index (χ0v) is 22.3. The minimum absolute atomic E-state index is 0.0720. The lowest BCUT2D eigenvalue weighted by molar-refractivity contribution is 0.219. The molecule has 7 nitrogen and oxygen atoms in total. The average Bonchev–Trinajstić information content (AvgIpc) is 3.39. The van der Waals surface area contributed by atoms with Gasteiger partial charge in [-0.25, -0.2) is 14.4 Å². The van der Waals surface area contributed by atoms with Crippen LogP contribution in [0, 0.1) is 0 Å². The van der Waals surface area contributed by atoms with Gasteiger partial charge in [0.25, 0.3) is 0 Å². The van der Waals surface area contributed by atoms with E-state index in [1.54, 1.807) is 38.2 Å². The smallest absolute Gasteiger partial charge is 0.190 e. The summed E-state index contributed by atoms with van der Waals surface area (Å²) >= 11 is 8.34. The van der Waals surface area contributed by atoms with E-state index >= 15 is 0 Å². The number of benzene rings is 1. The topological polar surface area (TPSA) is 75.6 Å². The quantitative estimate of drug-likeness (QED) is 0.235. The molecule has 1 aliphatic rings. The largest absolute Gasteiger partial charge is 0.493 e. The number of ether oxygens (including phenoxy) is 2. The van der Waals surface area contributed by atoms with Gasteiger partial charge in [-0.15, -0.1) is 0 Å². The second-order valence-corrected chi connectivity index (χ2v) is 11.6. The summed E-state index contributed by atoms with van der Waals surface area (Å²) in [4.78, 5) is 19.1. The number of nitrogens with one attached hydrogen (secondary N) is 1. The van der Waals surface area contributed by atoms with Crippen molar-refractivity contribution in [2.24, 2.45) is 4.99 Å². The van der Waals surface area contributed by atoms with Crippen LogP contribution < -0.4 is 9.47 Å². The van der Waals surface area contributed by atoms with Gasteiger partial charge in [0, 0.05) is 61.0 Å². The van der Waals surface area contributed by atoms with Crippen LogP contribution in [0.3, 0.4) is 0 Å². The minimum atomic E-state index is -0.755. The lowest BCUT2D eigenvalue weighted by Crippen LogP contribution is -2.26. The molecule has 1 atom stereocenters. The highest BCUT2D eigenvalue weighted by atomic mass is 35.5. The van der Waals surface area contributed by atoms with Crippen molar-refractivity contribution >= 4 is 40.6 Å². The first-order chi connectivity index (χ1) is 16.7. The van der Waals surface area contributed by atoms with Crippen LogP contribution in [0.15, 0.2) is 28.5 Å². The van der Waals surface area contributed by atoms with E-state index in [1.165, 1.54) is 0 Å². The molecule has 1 aliphatic heterocycles. The maximum Gasteiger partial charge on any atom is 0.190 e. The molecule has 4 rings (SSSR count). The van der Waals surface area contributed by atoms with Gasteiger partial charge in [-0.1, -0.05) is 44.1 Å². The second-order valence-electron chi connectivity index (χ2n) is 9.44. The fraction of sp³-hybridized carbons (Fsp3) is 0.480. The zero-order valence-electron chi connectivity index (χ0n) is 20.7. The number of alkyl halides is 1. The Labute approximate surface area is 214 Å². The van der Waals surface area contributed by atoms with Gasteiger partial charge in [-0.3, -0.25) is 9.89 Å². The number of hydrogen-bond acceptors (Lipinski definition) is 7. The molecule has 0 saturated carbocycles. The number of rotatable bonds is 8. The number of likely N-dealkylation sites (tertiary alicyclic amines) is 1. The summed E-state index contributed by atoms with van der Waals surface area (Å²) in [5.41, 5.74) is 2.98. The molecule has 10 heteroatoms. The number of methoxy groups -OCH3 is 1. The summed E-state index contributed by atoms with van der Waals surface area (Å²) in [6.45, 7) is 8.60. The minimum Gasteiger partial charge on any atom is -0.493 e. The number of thioether (sulfide) groups is 1. The van der Waals surface area contributed by atoms with Crippen LogP contribution in [0.5, 0.6) is 11.5 Å². The molecule has 188 valence electrons. The SMILES string of the molecule is CN=Cc1c[nH]c2nc(SC(C)(C)C)nc(-c3cc(OCCN4CC[C@@H](F)C4)c(OC)cc3Cl)c12. The monoisotopic (exact) mass is 519 g/mol. The van der Waals surface area contributed by atoms with Crippen molar-refractivity contribution < 1.29 is 13.9 Å². The maximum absolute atomic E-state index is 13.5. The fourth-order valence-electron chi connectivity index (χ4n) is 4.05. The third kappa shape index (κ3) is 6.08. The Bertz CT molecular complexity index is 1230. The highest BCUT2D eigenvalue weighted by molar-refractivity contribution is 8.00. The zero-order chi connectivity index (χ0) is 25.2. The Hall–Kier alpha value is -2.36. The molecule has 1 N–H and O–H groups in total. The number of hydrogen-bond donors (Lipinski definition) is 1. The summed E-state index contributed by atoms with van der Waals surface area (Å²) < 4.78 is 25.1. The Morgan fingerprint density at radius 2 is 2.11 bits per heavy atom. The standard InChI is InChI=1S/C25H31ClFN5O2S/c1-25(2,3)35-24-30-22(21-15(12-28-4)13-29-23(21)31-24)17-10-20(19(33-5)11-18(17)26)34-9-8-32-7-6-16(27)14-32/h10-13,16H,6-9,14H2,1-5H3,(H,29,30,31)/t16-/m1/s1. The van der Waals surface area contributed by atoms with Crippen molar-refractivity contribution in [3.63, 3.8) is 0 Å². The average molecular weight is 520 g/mol. The van der Waals surface area contributed by atoms with Crippen LogP contribution >= 0.6 is 23.4 Å². The third-order valence-corrected chi connectivity index (χ3v) is 6.89. The Kier molecular flexibility index (Phi) is 7.88. The molecule has 3 aromatic rings. The molecule has 0 radical (unpaired) electrons. The molecule has 1 aromatic carbocycles. The van der Waals surface area contributed by atoms with Crippen LogP contribution in [0.2, 0.25) is 5.02 Å². The van der Waals surface area contributed by atoms with Crippen molar-refractivity contribution in [3.8, 4) is 22.8 Å². The fourth-order valence-corrected chi connectivity index (χ4v) is 5.12. The highest BCUT2D eigenvalue weighted by Crippen LogP contribution is 2.42. The molecule has 35 heavy (non-hydrogen) atoms. The molecule has 1 fully saturated rings. The van der Waals surface area contributed by atoms with E-state index in [2.05, 4.69) is 35.6 Å². The van der Waals surface area contributed by atoms with E-state index in [0.29, 0.717) is 64.7 Å². The number of fused-ring (bicyclic) bond motifs is 1. The summed E-state index contributed by atoms with van der Waals surface area (Å²) in [5.74, 6) is 1.09. The number of halogens is 2. The van der Waals surface area contributed by atoms with Crippen molar-refractivity contribution in [1.82, 2.24) is 19.9 Å². The number of aromatic nitrogens is 3. The molecule has 0 amide bonds. The summed E-state index contributed by atoms with van der Waals surface area (Å²) in [6.07, 6.45) is 3.46. The van der Waals surface area contributed by atoms with Gasteiger partial charge in [0.15, 0.2) is 16.7 Å². The molecule has 1 saturated heterocycles. The lowest BCUT2D eigenvalue weighted by atomic mass is 10.1. The van der Waals surface area contributed by atoms with E-state index in [9.17, 15) is 4.39 Å². The van der Waals surface area contributed by atoms with Crippen molar-refractivity contribution in [2.75, 3.05) is 40.4 Å². The second kappa shape index (κ2) is 10.7. The van der Waals surface area contributed by atoms with Crippen molar-refractivity contribution in [3.05, 3.63) is 28.9 Å². The number of aliphatic imine (C=N–C) groups is 1. The Balaban J connectivity index is 1.75. The predicted molar refractivity (Wildman–Crippen MR) is 141 cm³/mol. The first kappa shape index (κ1) is 25.7. The summed E-state index contributed by atoms with van der Waals surface area (Å²) in [6, 6.07) is 3.60. The lowest BCUT2D eigenvalue weighted by Gasteiger charge is -2.19. The van der Waals surface area contributed by atoms with E-state index in [1.807, 2.05) is 12.3 Å². The molecule has 2 aromatic heterocycles. The Morgan fingerprint density at radius 1 is 1.31 bits per heavy atom. The van der Waals surface area contributed by atoms with Gasteiger partial charge < -0.3 is 14.5 Å². The van der Waals surface area contributed by atoms with Crippen LogP contribution in [-0.2, 0) is 0 Å². The highest BCUT2D eigenvalue weighted by Gasteiger charge is 2.23. The number of nitrogens with zero attached hydrogens (tertiary/aromatic N) is 4. The normalized spacial score (nSPS) is 17.1. The molecule has 0 unspecified atom stereocenters. The van der Waals surface area contributed by atoms with Crippen LogP contribution in [-0.4, -0.2) is 77.4 Å². The van der Waals surface area contributed by atoms with Gasteiger partial charge >= 0.3 is 0 Å². The molecular formula is C25H31ClFN5O2S. The van der Waals surface area contributed by atoms with E-state index in [0.717, 1.165) is 17.5 Å².